The van der Waals surface area contributed by atoms with E-state index in [2.05, 4.69) is 0 Å². The normalized spacial score (nSPS) is 10.3. The Morgan fingerprint density at radius 1 is 1.06 bits per heavy atom. The van der Waals surface area contributed by atoms with E-state index >= 15 is 0 Å². The van der Waals surface area contributed by atoms with Crippen LogP contribution in [0.4, 0.5) is 4.39 Å². The van der Waals surface area contributed by atoms with Crippen molar-refractivity contribution in [2.45, 2.75) is 16.7 Å². The third-order valence-corrected chi connectivity index (χ3v) is 3.42. The summed E-state index contributed by atoms with van der Waals surface area (Å²) in [5.74, 6) is 0.442. The molecule has 88 valence electrons. The van der Waals surface area contributed by atoms with Crippen molar-refractivity contribution >= 4 is 11.8 Å². The van der Waals surface area contributed by atoms with E-state index in [-0.39, 0.29) is 5.82 Å². The van der Waals surface area contributed by atoms with Crippen molar-refractivity contribution in [2.24, 2.45) is 0 Å². The summed E-state index contributed by atoms with van der Waals surface area (Å²) in [5, 5.41) is 0. The molecule has 2 aromatic carbocycles. The summed E-state index contributed by atoms with van der Waals surface area (Å²) in [5.41, 5.74) is 1.21. The summed E-state index contributed by atoms with van der Waals surface area (Å²) in [4.78, 5) is 1.86. The summed E-state index contributed by atoms with van der Waals surface area (Å²) >= 11 is 1.50. The van der Waals surface area contributed by atoms with Gasteiger partial charge >= 0.3 is 0 Å². The van der Waals surface area contributed by atoms with Gasteiger partial charge in [0, 0.05) is 4.90 Å². The number of rotatable bonds is 3. The van der Waals surface area contributed by atoms with Gasteiger partial charge in [-0.1, -0.05) is 29.5 Å². The smallest absolute Gasteiger partial charge is 0.132 e. The fourth-order valence-electron chi connectivity index (χ4n) is 1.46. The number of hydrogen-bond donors (Lipinski definition) is 0. The summed E-state index contributed by atoms with van der Waals surface area (Å²) < 4.78 is 18.4. The first-order valence-electron chi connectivity index (χ1n) is 5.27. The molecule has 2 aromatic rings. The summed E-state index contributed by atoms with van der Waals surface area (Å²) in [6, 6.07) is 12.6. The molecule has 0 fully saturated rings. The Labute approximate surface area is 105 Å². The molecule has 0 radical (unpaired) electrons. The van der Waals surface area contributed by atoms with Gasteiger partial charge in [0.15, 0.2) is 0 Å². The van der Waals surface area contributed by atoms with Gasteiger partial charge in [-0.15, -0.1) is 0 Å². The predicted octanol–water partition coefficient (Wildman–Crippen LogP) is 4.29. The van der Waals surface area contributed by atoms with E-state index in [9.17, 15) is 4.39 Å². The molecular weight excluding hydrogens is 235 g/mol. The zero-order valence-corrected chi connectivity index (χ0v) is 10.6. The minimum Gasteiger partial charge on any atom is -0.496 e. The SMILES string of the molecule is COc1ccc(F)cc1Sc1ccc(C)cc1. The summed E-state index contributed by atoms with van der Waals surface area (Å²) in [6.45, 7) is 2.04. The Morgan fingerprint density at radius 3 is 2.41 bits per heavy atom. The van der Waals surface area contributed by atoms with Crippen LogP contribution >= 0.6 is 11.8 Å². The van der Waals surface area contributed by atoms with Crippen molar-refractivity contribution in [1.29, 1.82) is 0 Å². The highest BCUT2D eigenvalue weighted by Crippen LogP contribution is 2.35. The maximum absolute atomic E-state index is 13.2. The molecule has 0 bridgehead atoms. The third-order valence-electron chi connectivity index (χ3n) is 2.37. The molecule has 0 saturated carbocycles. The topological polar surface area (TPSA) is 9.23 Å². The highest BCUT2D eigenvalue weighted by Gasteiger charge is 2.06. The van der Waals surface area contributed by atoms with Crippen molar-refractivity contribution in [3.63, 3.8) is 0 Å². The van der Waals surface area contributed by atoms with Crippen molar-refractivity contribution in [2.75, 3.05) is 7.11 Å². The molecule has 0 unspecified atom stereocenters. The molecule has 0 N–H and O–H groups in total. The van der Waals surface area contributed by atoms with E-state index in [4.69, 9.17) is 4.74 Å². The van der Waals surface area contributed by atoms with Gasteiger partial charge in [-0.2, -0.15) is 0 Å². The Bertz CT molecular complexity index is 508. The molecule has 2 rings (SSSR count). The van der Waals surface area contributed by atoms with Crippen LogP contribution in [0.25, 0.3) is 0 Å². The zero-order chi connectivity index (χ0) is 12.3. The second-order valence-corrected chi connectivity index (χ2v) is 4.83. The molecule has 0 aliphatic rings. The molecule has 0 spiro atoms. The number of hydrogen-bond acceptors (Lipinski definition) is 2. The van der Waals surface area contributed by atoms with Crippen molar-refractivity contribution in [3.05, 3.63) is 53.8 Å². The average Bonchev–Trinajstić information content (AvgIpc) is 2.32. The van der Waals surface area contributed by atoms with Gasteiger partial charge in [0.25, 0.3) is 0 Å². The van der Waals surface area contributed by atoms with E-state index in [1.54, 1.807) is 13.2 Å². The quantitative estimate of drug-likeness (QED) is 0.801. The highest BCUT2D eigenvalue weighted by molar-refractivity contribution is 7.99. The fourth-order valence-corrected chi connectivity index (χ4v) is 2.41. The molecule has 0 atom stereocenters. The lowest BCUT2D eigenvalue weighted by Gasteiger charge is -2.08. The van der Waals surface area contributed by atoms with E-state index in [1.165, 1.54) is 29.5 Å². The standard InChI is InChI=1S/C14H13FOS/c1-10-3-6-12(7-4-10)17-14-9-11(15)5-8-13(14)16-2/h3-9H,1-2H3. The van der Waals surface area contributed by atoms with Crippen LogP contribution in [0.15, 0.2) is 52.3 Å². The van der Waals surface area contributed by atoms with E-state index in [1.807, 2.05) is 31.2 Å². The average molecular weight is 248 g/mol. The van der Waals surface area contributed by atoms with Crippen molar-refractivity contribution in [3.8, 4) is 5.75 Å². The van der Waals surface area contributed by atoms with Gasteiger partial charge in [-0.3, -0.25) is 0 Å². The zero-order valence-electron chi connectivity index (χ0n) is 9.74. The Kier molecular flexibility index (Phi) is 3.69. The Morgan fingerprint density at radius 2 is 1.76 bits per heavy atom. The first kappa shape index (κ1) is 12.0. The van der Waals surface area contributed by atoms with Gasteiger partial charge in [-0.25, -0.2) is 4.39 Å². The van der Waals surface area contributed by atoms with Crippen molar-refractivity contribution < 1.29 is 9.13 Å². The highest BCUT2D eigenvalue weighted by atomic mass is 32.2. The maximum atomic E-state index is 13.2. The second kappa shape index (κ2) is 5.23. The molecule has 17 heavy (non-hydrogen) atoms. The molecule has 3 heteroatoms. The largest absolute Gasteiger partial charge is 0.496 e. The Balaban J connectivity index is 2.28. The van der Waals surface area contributed by atoms with Gasteiger partial charge in [0.1, 0.15) is 11.6 Å². The van der Waals surface area contributed by atoms with Crippen LogP contribution in [-0.2, 0) is 0 Å². The number of aryl methyl sites for hydroxylation is 1. The molecule has 0 heterocycles. The van der Waals surface area contributed by atoms with Crippen molar-refractivity contribution in [1.82, 2.24) is 0 Å². The minimum atomic E-state index is -0.250. The van der Waals surface area contributed by atoms with Gasteiger partial charge in [-0.05, 0) is 37.3 Å². The minimum absolute atomic E-state index is 0.250. The van der Waals surface area contributed by atoms with Crippen LogP contribution in [0.5, 0.6) is 5.75 Å². The lowest BCUT2D eigenvalue weighted by molar-refractivity contribution is 0.403. The van der Waals surface area contributed by atoms with Crippen LogP contribution in [-0.4, -0.2) is 7.11 Å². The molecular formula is C14H13FOS. The first-order valence-corrected chi connectivity index (χ1v) is 6.09. The second-order valence-electron chi connectivity index (χ2n) is 3.71. The molecule has 0 aliphatic heterocycles. The van der Waals surface area contributed by atoms with Crippen LogP contribution in [0.3, 0.4) is 0 Å². The summed E-state index contributed by atoms with van der Waals surface area (Å²) in [6.07, 6.45) is 0. The molecule has 0 aliphatic carbocycles. The molecule has 0 amide bonds. The fraction of sp³-hybridized carbons (Fsp3) is 0.143. The van der Waals surface area contributed by atoms with Crippen LogP contribution in [0.1, 0.15) is 5.56 Å². The lowest BCUT2D eigenvalue weighted by Crippen LogP contribution is -1.87. The summed E-state index contributed by atoms with van der Waals surface area (Å²) in [7, 11) is 1.59. The van der Waals surface area contributed by atoms with Crippen LogP contribution in [0, 0.1) is 12.7 Å². The maximum Gasteiger partial charge on any atom is 0.132 e. The molecule has 0 aromatic heterocycles. The predicted molar refractivity (Wildman–Crippen MR) is 68.3 cm³/mol. The third kappa shape index (κ3) is 3.01. The number of benzene rings is 2. The van der Waals surface area contributed by atoms with Crippen LogP contribution in [0.2, 0.25) is 0 Å². The van der Waals surface area contributed by atoms with Gasteiger partial charge in [0.2, 0.25) is 0 Å². The van der Waals surface area contributed by atoms with E-state index in [0.29, 0.717) is 5.75 Å². The van der Waals surface area contributed by atoms with Gasteiger partial charge < -0.3 is 4.74 Å². The Hall–Kier alpha value is -1.48. The number of methoxy groups -OCH3 is 1. The lowest BCUT2D eigenvalue weighted by atomic mass is 10.2. The first-order chi connectivity index (χ1) is 8.19. The number of halogens is 1. The van der Waals surface area contributed by atoms with E-state index in [0.717, 1.165) is 9.79 Å². The molecule has 0 saturated heterocycles. The number of ether oxygens (including phenoxy) is 1. The monoisotopic (exact) mass is 248 g/mol. The van der Waals surface area contributed by atoms with Crippen LogP contribution < -0.4 is 4.74 Å². The van der Waals surface area contributed by atoms with Gasteiger partial charge in [0.05, 0.1) is 12.0 Å². The van der Waals surface area contributed by atoms with E-state index < -0.39 is 0 Å². The molecule has 1 nitrogen and oxygen atoms in total.